The van der Waals surface area contributed by atoms with Crippen molar-refractivity contribution in [3.8, 4) is 0 Å². The van der Waals surface area contributed by atoms with Gasteiger partial charge in [-0.2, -0.15) is 0 Å². The molecule has 0 unspecified atom stereocenters. The van der Waals surface area contributed by atoms with Gasteiger partial charge in [0, 0.05) is 0 Å². The van der Waals surface area contributed by atoms with Gasteiger partial charge in [-0.05, 0) is 39.7 Å². The second-order valence-electron chi connectivity index (χ2n) is 3.97. The molecule has 0 aromatic heterocycles. The molecule has 20 heavy (non-hydrogen) atoms. The number of aliphatic hydroxyl groups is 1. The van der Waals surface area contributed by atoms with Crippen LogP contribution >= 0.6 is 27.5 Å². The lowest BCUT2D eigenvalue weighted by Crippen LogP contribution is -2.15. The second-order valence-corrected chi connectivity index (χ2v) is 6.82. The summed E-state index contributed by atoms with van der Waals surface area (Å²) >= 11 is 9.16. The van der Waals surface area contributed by atoms with Gasteiger partial charge in [0.15, 0.2) is 0 Å². The van der Waals surface area contributed by atoms with E-state index in [-0.39, 0.29) is 11.5 Å². The molecule has 0 spiro atoms. The van der Waals surface area contributed by atoms with Crippen LogP contribution in [0.5, 0.6) is 0 Å². The molecule has 0 saturated carbocycles. The van der Waals surface area contributed by atoms with Crippen molar-refractivity contribution >= 4 is 43.2 Å². The van der Waals surface area contributed by atoms with E-state index >= 15 is 0 Å². The van der Waals surface area contributed by atoms with Gasteiger partial charge in [-0.1, -0.05) is 35.9 Å². The summed E-state index contributed by atoms with van der Waals surface area (Å²) in [6.45, 7) is -0.353. The van der Waals surface area contributed by atoms with Crippen molar-refractivity contribution in [3.05, 3.63) is 57.5 Å². The molecule has 2 rings (SSSR count). The van der Waals surface area contributed by atoms with Gasteiger partial charge in [0.05, 0.1) is 26.7 Å². The van der Waals surface area contributed by atoms with Gasteiger partial charge < -0.3 is 5.11 Å². The molecule has 2 aromatic rings. The molecule has 0 aliphatic rings. The van der Waals surface area contributed by atoms with Crippen LogP contribution in [0, 0.1) is 0 Å². The van der Waals surface area contributed by atoms with Crippen LogP contribution in [-0.2, 0) is 16.6 Å². The number of sulfonamides is 1. The molecular weight excluding hydrogens is 366 g/mol. The minimum Gasteiger partial charge on any atom is -0.392 e. The Labute approximate surface area is 130 Å². The molecule has 0 radical (unpaired) electrons. The Morgan fingerprint density at radius 3 is 2.55 bits per heavy atom. The molecule has 106 valence electrons. The highest BCUT2D eigenvalue weighted by Gasteiger charge is 2.19. The third kappa shape index (κ3) is 3.15. The van der Waals surface area contributed by atoms with Gasteiger partial charge >= 0.3 is 0 Å². The SMILES string of the molecule is O=S(=O)(Nc1cccc(Cl)c1Br)c1ccccc1CO. The van der Waals surface area contributed by atoms with Crippen molar-refractivity contribution in [2.75, 3.05) is 4.72 Å². The van der Waals surface area contributed by atoms with Crippen LogP contribution in [0.1, 0.15) is 5.56 Å². The molecule has 0 atom stereocenters. The molecule has 2 aromatic carbocycles. The van der Waals surface area contributed by atoms with E-state index in [4.69, 9.17) is 11.6 Å². The van der Waals surface area contributed by atoms with Crippen molar-refractivity contribution in [1.29, 1.82) is 0 Å². The third-order valence-corrected chi connectivity index (χ3v) is 5.49. The van der Waals surface area contributed by atoms with Crippen LogP contribution in [0.3, 0.4) is 0 Å². The van der Waals surface area contributed by atoms with Crippen molar-refractivity contribution in [2.45, 2.75) is 11.5 Å². The van der Waals surface area contributed by atoms with E-state index in [9.17, 15) is 13.5 Å². The van der Waals surface area contributed by atoms with Crippen molar-refractivity contribution in [3.63, 3.8) is 0 Å². The first-order valence-electron chi connectivity index (χ1n) is 5.61. The van der Waals surface area contributed by atoms with Crippen molar-refractivity contribution in [2.24, 2.45) is 0 Å². The maximum Gasteiger partial charge on any atom is 0.262 e. The second kappa shape index (κ2) is 6.13. The predicted octanol–water partition coefficient (Wildman–Crippen LogP) is 3.40. The van der Waals surface area contributed by atoms with Crippen LogP contribution in [0.2, 0.25) is 5.02 Å². The monoisotopic (exact) mass is 375 g/mol. The number of rotatable bonds is 4. The van der Waals surface area contributed by atoms with E-state index in [2.05, 4.69) is 20.7 Å². The van der Waals surface area contributed by atoms with Crippen LogP contribution in [0.4, 0.5) is 5.69 Å². The summed E-state index contributed by atoms with van der Waals surface area (Å²) in [5.74, 6) is 0. The molecular formula is C13H11BrClNO3S. The highest BCUT2D eigenvalue weighted by atomic mass is 79.9. The van der Waals surface area contributed by atoms with Crippen LogP contribution < -0.4 is 4.72 Å². The normalized spacial score (nSPS) is 11.3. The molecule has 0 bridgehead atoms. The number of halogens is 2. The molecule has 0 fully saturated rings. The fraction of sp³-hybridized carbons (Fsp3) is 0.0769. The van der Waals surface area contributed by atoms with E-state index < -0.39 is 10.0 Å². The van der Waals surface area contributed by atoms with Gasteiger partial charge in [-0.15, -0.1) is 0 Å². The van der Waals surface area contributed by atoms with Gasteiger partial charge in [-0.25, -0.2) is 8.42 Å². The number of hydrogen-bond donors (Lipinski definition) is 2. The topological polar surface area (TPSA) is 66.4 Å². The highest BCUT2D eigenvalue weighted by Crippen LogP contribution is 2.31. The fourth-order valence-corrected chi connectivity index (χ4v) is 3.65. The van der Waals surface area contributed by atoms with E-state index in [1.807, 2.05) is 0 Å². The molecule has 0 aliphatic carbocycles. The minimum absolute atomic E-state index is 0.0365. The average Bonchev–Trinajstić information content (AvgIpc) is 2.43. The number of hydrogen-bond acceptors (Lipinski definition) is 3. The number of benzene rings is 2. The van der Waals surface area contributed by atoms with Gasteiger partial charge in [0.25, 0.3) is 10.0 Å². The first-order valence-corrected chi connectivity index (χ1v) is 8.26. The van der Waals surface area contributed by atoms with Gasteiger partial charge in [-0.3, -0.25) is 4.72 Å². The highest BCUT2D eigenvalue weighted by molar-refractivity contribution is 9.10. The summed E-state index contributed by atoms with van der Waals surface area (Å²) in [6.07, 6.45) is 0. The molecule has 0 saturated heterocycles. The Balaban J connectivity index is 2.44. The smallest absolute Gasteiger partial charge is 0.262 e. The average molecular weight is 377 g/mol. The van der Waals surface area contributed by atoms with Crippen molar-refractivity contribution < 1.29 is 13.5 Å². The van der Waals surface area contributed by atoms with E-state index in [0.717, 1.165) is 0 Å². The van der Waals surface area contributed by atoms with Crippen LogP contribution in [0.25, 0.3) is 0 Å². The first kappa shape index (κ1) is 15.3. The zero-order chi connectivity index (χ0) is 14.8. The zero-order valence-electron chi connectivity index (χ0n) is 10.2. The van der Waals surface area contributed by atoms with Crippen LogP contribution in [0.15, 0.2) is 51.8 Å². The Kier molecular flexibility index (Phi) is 4.70. The number of nitrogens with one attached hydrogen (secondary N) is 1. The Morgan fingerprint density at radius 2 is 1.85 bits per heavy atom. The summed E-state index contributed by atoms with van der Waals surface area (Å²) in [4.78, 5) is 0.0365. The Morgan fingerprint density at radius 1 is 1.15 bits per heavy atom. The Hall–Kier alpha value is -1.08. The first-order chi connectivity index (χ1) is 9.45. The molecule has 0 aliphatic heterocycles. The predicted molar refractivity (Wildman–Crippen MR) is 82.3 cm³/mol. The summed E-state index contributed by atoms with van der Waals surface area (Å²) in [5.41, 5.74) is 0.670. The van der Waals surface area contributed by atoms with E-state index in [0.29, 0.717) is 20.7 Å². The van der Waals surface area contributed by atoms with E-state index in [1.54, 1.807) is 36.4 Å². The zero-order valence-corrected chi connectivity index (χ0v) is 13.3. The molecule has 0 heterocycles. The third-order valence-electron chi connectivity index (χ3n) is 2.63. The summed E-state index contributed by atoms with van der Waals surface area (Å²) in [5, 5.41) is 9.63. The quantitative estimate of drug-likeness (QED) is 0.859. The molecule has 4 nitrogen and oxygen atoms in total. The minimum atomic E-state index is -3.79. The summed E-state index contributed by atoms with van der Waals surface area (Å²) < 4.78 is 27.6. The maximum absolute atomic E-state index is 12.4. The summed E-state index contributed by atoms with van der Waals surface area (Å²) in [7, 11) is -3.79. The maximum atomic E-state index is 12.4. The van der Waals surface area contributed by atoms with Gasteiger partial charge in [0.2, 0.25) is 0 Å². The summed E-state index contributed by atoms with van der Waals surface area (Å²) in [6, 6.07) is 11.1. The van der Waals surface area contributed by atoms with E-state index in [1.165, 1.54) is 6.07 Å². The van der Waals surface area contributed by atoms with Crippen LogP contribution in [-0.4, -0.2) is 13.5 Å². The number of anilines is 1. The largest absolute Gasteiger partial charge is 0.392 e. The molecule has 0 amide bonds. The Bertz CT molecular complexity index is 734. The van der Waals surface area contributed by atoms with Crippen molar-refractivity contribution in [1.82, 2.24) is 0 Å². The molecule has 2 N–H and O–H groups in total. The fourth-order valence-electron chi connectivity index (χ4n) is 1.68. The van der Waals surface area contributed by atoms with Gasteiger partial charge in [0.1, 0.15) is 0 Å². The lowest BCUT2D eigenvalue weighted by atomic mass is 10.2. The lowest BCUT2D eigenvalue weighted by molar-refractivity contribution is 0.278. The number of aliphatic hydroxyl groups excluding tert-OH is 1. The molecule has 7 heteroatoms. The standard InChI is InChI=1S/C13H11BrClNO3S/c14-13-10(15)5-3-6-11(13)16-20(18,19)12-7-2-1-4-9(12)8-17/h1-7,16-17H,8H2. The lowest BCUT2D eigenvalue weighted by Gasteiger charge is -2.12.